The molecule has 1 unspecified atom stereocenters. The summed E-state index contributed by atoms with van der Waals surface area (Å²) in [6, 6.07) is 0.444. The molecule has 0 fully saturated rings. The highest BCUT2D eigenvalue weighted by atomic mass is 16.2. The van der Waals surface area contributed by atoms with Gasteiger partial charge >= 0.3 is 0 Å². The van der Waals surface area contributed by atoms with Crippen molar-refractivity contribution in [1.29, 1.82) is 0 Å². The zero-order valence-electron chi connectivity index (χ0n) is 9.97. The molecular formula is C11H24N2O. The van der Waals surface area contributed by atoms with E-state index in [4.69, 9.17) is 0 Å². The molecule has 1 atom stereocenters. The van der Waals surface area contributed by atoms with Crippen molar-refractivity contribution in [3.8, 4) is 0 Å². The molecule has 0 radical (unpaired) electrons. The van der Waals surface area contributed by atoms with Crippen LogP contribution in [0.5, 0.6) is 0 Å². The molecule has 0 heterocycles. The van der Waals surface area contributed by atoms with Gasteiger partial charge in [-0.15, -0.1) is 0 Å². The number of nitrogens with zero attached hydrogens (tertiary/aromatic N) is 1. The lowest BCUT2D eigenvalue weighted by Gasteiger charge is -2.20. The van der Waals surface area contributed by atoms with E-state index in [-0.39, 0.29) is 5.91 Å². The predicted octanol–water partition coefficient (Wildman–Crippen LogP) is 1.63. The van der Waals surface area contributed by atoms with Crippen molar-refractivity contribution in [2.45, 2.75) is 46.6 Å². The van der Waals surface area contributed by atoms with Crippen LogP contribution in [0.1, 0.15) is 40.5 Å². The summed E-state index contributed by atoms with van der Waals surface area (Å²) in [7, 11) is 0. The number of likely N-dealkylation sites (N-methyl/N-ethyl adjacent to an activating group) is 1. The maximum Gasteiger partial charge on any atom is 0.236 e. The molecule has 0 saturated carbocycles. The molecule has 0 rings (SSSR count). The average Bonchev–Trinajstić information content (AvgIpc) is 2.17. The Morgan fingerprint density at radius 3 is 2.29 bits per heavy atom. The van der Waals surface area contributed by atoms with Crippen LogP contribution in [0.2, 0.25) is 0 Å². The van der Waals surface area contributed by atoms with Crippen LogP contribution in [0.3, 0.4) is 0 Å². The van der Waals surface area contributed by atoms with Gasteiger partial charge in [0.25, 0.3) is 0 Å². The summed E-state index contributed by atoms with van der Waals surface area (Å²) in [6.45, 7) is 10.4. The molecule has 84 valence electrons. The first-order valence-electron chi connectivity index (χ1n) is 5.66. The van der Waals surface area contributed by atoms with Gasteiger partial charge < -0.3 is 10.2 Å². The Morgan fingerprint density at radius 2 is 1.86 bits per heavy atom. The lowest BCUT2D eigenvalue weighted by atomic mass is 10.2. The van der Waals surface area contributed by atoms with Gasteiger partial charge in [0.15, 0.2) is 0 Å². The molecule has 0 saturated heterocycles. The Hall–Kier alpha value is -0.570. The van der Waals surface area contributed by atoms with Crippen LogP contribution >= 0.6 is 0 Å². The third-order valence-electron chi connectivity index (χ3n) is 2.44. The van der Waals surface area contributed by atoms with E-state index in [9.17, 15) is 4.79 Å². The van der Waals surface area contributed by atoms with Crippen molar-refractivity contribution in [2.75, 3.05) is 19.6 Å². The van der Waals surface area contributed by atoms with Gasteiger partial charge in [0.1, 0.15) is 0 Å². The van der Waals surface area contributed by atoms with E-state index in [1.54, 1.807) is 0 Å². The minimum atomic E-state index is 0.206. The fourth-order valence-corrected chi connectivity index (χ4v) is 1.48. The van der Waals surface area contributed by atoms with Gasteiger partial charge in [-0.2, -0.15) is 0 Å². The van der Waals surface area contributed by atoms with Crippen LogP contribution in [0, 0.1) is 0 Å². The van der Waals surface area contributed by atoms with Gasteiger partial charge in [-0.05, 0) is 27.2 Å². The van der Waals surface area contributed by atoms with E-state index in [0.717, 1.165) is 25.9 Å². The Labute approximate surface area is 87.9 Å². The second-order valence-corrected chi connectivity index (χ2v) is 3.64. The van der Waals surface area contributed by atoms with E-state index in [1.807, 2.05) is 18.7 Å². The van der Waals surface area contributed by atoms with Gasteiger partial charge in [-0.1, -0.05) is 13.3 Å². The van der Waals surface area contributed by atoms with Gasteiger partial charge in [0, 0.05) is 19.1 Å². The molecule has 0 spiro atoms. The van der Waals surface area contributed by atoms with Gasteiger partial charge in [0.05, 0.1) is 6.54 Å². The first-order valence-corrected chi connectivity index (χ1v) is 5.66. The first-order chi connectivity index (χ1) is 6.65. The first kappa shape index (κ1) is 13.4. The van der Waals surface area contributed by atoms with Crippen molar-refractivity contribution in [2.24, 2.45) is 0 Å². The predicted molar refractivity (Wildman–Crippen MR) is 60.3 cm³/mol. The molecule has 0 aliphatic carbocycles. The summed E-state index contributed by atoms with van der Waals surface area (Å²) in [6.07, 6.45) is 2.29. The number of nitrogens with one attached hydrogen (secondary N) is 1. The highest BCUT2D eigenvalue weighted by molar-refractivity contribution is 5.78. The number of hydrogen-bond acceptors (Lipinski definition) is 2. The van der Waals surface area contributed by atoms with Crippen LogP contribution in [-0.2, 0) is 4.79 Å². The van der Waals surface area contributed by atoms with E-state index >= 15 is 0 Å². The second kappa shape index (κ2) is 7.80. The SMILES string of the molecule is CCCC(C)NCC(=O)N(CC)CC. The molecular weight excluding hydrogens is 176 g/mol. The number of hydrogen-bond donors (Lipinski definition) is 1. The monoisotopic (exact) mass is 200 g/mol. The zero-order chi connectivity index (χ0) is 11.0. The molecule has 0 aliphatic heterocycles. The summed E-state index contributed by atoms with van der Waals surface area (Å²) in [4.78, 5) is 13.4. The van der Waals surface area contributed by atoms with Crippen LogP contribution in [0.25, 0.3) is 0 Å². The summed E-state index contributed by atoms with van der Waals surface area (Å²) >= 11 is 0. The summed E-state index contributed by atoms with van der Waals surface area (Å²) in [5.74, 6) is 0.206. The number of carbonyl (C=O) groups excluding carboxylic acids is 1. The largest absolute Gasteiger partial charge is 0.342 e. The molecule has 3 heteroatoms. The maximum absolute atomic E-state index is 11.6. The summed E-state index contributed by atoms with van der Waals surface area (Å²) in [5.41, 5.74) is 0. The molecule has 3 nitrogen and oxygen atoms in total. The quantitative estimate of drug-likeness (QED) is 0.677. The fourth-order valence-electron chi connectivity index (χ4n) is 1.48. The minimum absolute atomic E-state index is 0.206. The molecule has 14 heavy (non-hydrogen) atoms. The van der Waals surface area contributed by atoms with Gasteiger partial charge in [-0.25, -0.2) is 0 Å². The smallest absolute Gasteiger partial charge is 0.236 e. The highest BCUT2D eigenvalue weighted by Crippen LogP contribution is 1.95. The van der Waals surface area contributed by atoms with Crippen LogP contribution < -0.4 is 5.32 Å². The standard InChI is InChI=1S/C11H24N2O/c1-5-8-10(4)12-9-11(14)13(6-2)7-3/h10,12H,5-9H2,1-4H3. The Morgan fingerprint density at radius 1 is 1.29 bits per heavy atom. The Balaban J connectivity index is 3.71. The number of amides is 1. The highest BCUT2D eigenvalue weighted by Gasteiger charge is 2.09. The fraction of sp³-hybridized carbons (Fsp3) is 0.909. The third-order valence-corrected chi connectivity index (χ3v) is 2.44. The van der Waals surface area contributed by atoms with E-state index in [1.165, 1.54) is 0 Å². The van der Waals surface area contributed by atoms with Crippen LogP contribution in [0.4, 0.5) is 0 Å². The van der Waals surface area contributed by atoms with E-state index < -0.39 is 0 Å². The molecule has 0 aromatic heterocycles. The molecule has 1 N–H and O–H groups in total. The normalized spacial score (nSPS) is 12.6. The topological polar surface area (TPSA) is 32.3 Å². The van der Waals surface area contributed by atoms with Crippen molar-refractivity contribution < 1.29 is 4.79 Å². The number of rotatable bonds is 7. The van der Waals surface area contributed by atoms with Gasteiger partial charge in [-0.3, -0.25) is 4.79 Å². The molecule has 0 aromatic carbocycles. The van der Waals surface area contributed by atoms with E-state index in [0.29, 0.717) is 12.6 Å². The average molecular weight is 200 g/mol. The van der Waals surface area contributed by atoms with Crippen molar-refractivity contribution >= 4 is 5.91 Å². The molecule has 1 amide bonds. The van der Waals surface area contributed by atoms with Crippen LogP contribution in [-0.4, -0.2) is 36.5 Å². The second-order valence-electron chi connectivity index (χ2n) is 3.64. The molecule has 0 bridgehead atoms. The summed E-state index contributed by atoms with van der Waals surface area (Å²) < 4.78 is 0. The lowest BCUT2D eigenvalue weighted by Crippen LogP contribution is -2.40. The van der Waals surface area contributed by atoms with E-state index in [2.05, 4.69) is 19.2 Å². The van der Waals surface area contributed by atoms with Crippen LogP contribution in [0.15, 0.2) is 0 Å². The van der Waals surface area contributed by atoms with Crippen molar-refractivity contribution in [3.63, 3.8) is 0 Å². The van der Waals surface area contributed by atoms with Crippen molar-refractivity contribution in [1.82, 2.24) is 10.2 Å². The molecule has 0 aromatic rings. The maximum atomic E-state index is 11.6. The third kappa shape index (κ3) is 5.22. The van der Waals surface area contributed by atoms with Crippen molar-refractivity contribution in [3.05, 3.63) is 0 Å². The number of carbonyl (C=O) groups is 1. The Kier molecular flexibility index (Phi) is 7.48. The minimum Gasteiger partial charge on any atom is -0.342 e. The lowest BCUT2D eigenvalue weighted by molar-refractivity contribution is -0.129. The summed E-state index contributed by atoms with van der Waals surface area (Å²) in [5, 5.41) is 3.24. The molecule has 0 aliphatic rings. The Bertz CT molecular complexity index is 155. The van der Waals surface area contributed by atoms with Gasteiger partial charge in [0.2, 0.25) is 5.91 Å². The zero-order valence-corrected chi connectivity index (χ0v) is 9.97.